The van der Waals surface area contributed by atoms with Gasteiger partial charge in [-0.25, -0.2) is 4.98 Å². The van der Waals surface area contributed by atoms with Crippen molar-refractivity contribution in [1.82, 2.24) is 14.9 Å². The van der Waals surface area contributed by atoms with Crippen LogP contribution in [0.25, 0.3) is 22.2 Å². The summed E-state index contributed by atoms with van der Waals surface area (Å²) >= 11 is 0. The Bertz CT molecular complexity index is 990. The molecule has 1 aliphatic rings. The lowest BCUT2D eigenvalue weighted by Crippen LogP contribution is -2.32. The van der Waals surface area contributed by atoms with Gasteiger partial charge in [-0.1, -0.05) is 12.1 Å². The summed E-state index contributed by atoms with van der Waals surface area (Å²) in [5.41, 5.74) is 3.01. The lowest BCUT2D eigenvalue weighted by molar-refractivity contribution is 0.0642. The Morgan fingerprint density at radius 2 is 2.07 bits per heavy atom. The van der Waals surface area contributed by atoms with E-state index >= 15 is 0 Å². The number of hydrogen-bond donors (Lipinski definition) is 1. The molecular formula is C22H25N3O3. The number of carbonyl (C=O) groups excluding carboxylic acids is 1. The summed E-state index contributed by atoms with van der Waals surface area (Å²) in [4.78, 5) is 17.7. The molecule has 3 heterocycles. The number of methoxy groups -OCH3 is 1. The van der Waals surface area contributed by atoms with Crippen LogP contribution < -0.4 is 10.1 Å². The molecule has 0 aliphatic carbocycles. The van der Waals surface area contributed by atoms with E-state index in [1.54, 1.807) is 7.11 Å². The number of amides is 1. The van der Waals surface area contributed by atoms with Gasteiger partial charge < -0.3 is 19.4 Å². The number of benzene rings is 1. The molecule has 0 radical (unpaired) electrons. The summed E-state index contributed by atoms with van der Waals surface area (Å²) in [7, 11) is 3.61. The van der Waals surface area contributed by atoms with Gasteiger partial charge in [0.25, 0.3) is 5.91 Å². The van der Waals surface area contributed by atoms with Gasteiger partial charge in [-0.3, -0.25) is 4.79 Å². The minimum atomic E-state index is -0.139. The number of rotatable bonds is 5. The average Bonchev–Trinajstić information content (AvgIpc) is 3.13. The smallest absolute Gasteiger partial charge is 0.270 e. The second-order valence-corrected chi connectivity index (χ2v) is 7.18. The first-order chi connectivity index (χ1) is 13.7. The predicted octanol–water partition coefficient (Wildman–Crippen LogP) is 3.41. The normalized spacial score (nSPS) is 14.9. The van der Waals surface area contributed by atoms with E-state index in [9.17, 15) is 4.79 Å². The zero-order valence-electron chi connectivity index (χ0n) is 16.3. The minimum absolute atomic E-state index is 0.139. The van der Waals surface area contributed by atoms with Gasteiger partial charge in [-0.05, 0) is 43.0 Å². The Kier molecular flexibility index (Phi) is 5.30. The van der Waals surface area contributed by atoms with Crippen LogP contribution in [0.5, 0.6) is 5.75 Å². The van der Waals surface area contributed by atoms with Gasteiger partial charge in [0.05, 0.1) is 18.3 Å². The van der Waals surface area contributed by atoms with Gasteiger partial charge in [0.2, 0.25) is 0 Å². The molecular weight excluding hydrogens is 354 g/mol. The molecule has 2 aromatic heterocycles. The minimum Gasteiger partial charge on any atom is -0.496 e. The van der Waals surface area contributed by atoms with Gasteiger partial charge in [-0.15, -0.1) is 0 Å². The number of hydrogen-bond acceptors (Lipinski definition) is 4. The summed E-state index contributed by atoms with van der Waals surface area (Å²) in [6, 6.07) is 11.7. The molecule has 1 aromatic carbocycles. The molecule has 6 nitrogen and oxygen atoms in total. The van der Waals surface area contributed by atoms with Crippen molar-refractivity contribution in [1.29, 1.82) is 0 Å². The van der Waals surface area contributed by atoms with Crippen molar-refractivity contribution in [2.24, 2.45) is 13.0 Å². The predicted molar refractivity (Wildman–Crippen MR) is 109 cm³/mol. The van der Waals surface area contributed by atoms with Crippen molar-refractivity contribution in [3.05, 3.63) is 48.3 Å². The van der Waals surface area contributed by atoms with Gasteiger partial charge in [0.1, 0.15) is 11.4 Å². The van der Waals surface area contributed by atoms with E-state index in [0.717, 1.165) is 54.0 Å². The second kappa shape index (κ2) is 8.02. The summed E-state index contributed by atoms with van der Waals surface area (Å²) in [5.74, 6) is 1.05. The first-order valence-electron chi connectivity index (χ1n) is 9.63. The zero-order valence-corrected chi connectivity index (χ0v) is 16.3. The van der Waals surface area contributed by atoms with E-state index in [1.807, 2.05) is 54.2 Å². The Hall–Kier alpha value is -2.86. The van der Waals surface area contributed by atoms with Gasteiger partial charge in [0.15, 0.2) is 0 Å². The van der Waals surface area contributed by atoms with E-state index < -0.39 is 0 Å². The number of aryl methyl sites for hydroxylation is 1. The van der Waals surface area contributed by atoms with Crippen molar-refractivity contribution in [2.45, 2.75) is 12.8 Å². The number of nitrogens with one attached hydrogen (secondary N) is 1. The summed E-state index contributed by atoms with van der Waals surface area (Å²) in [6.07, 6.45) is 3.92. The maximum Gasteiger partial charge on any atom is 0.270 e. The zero-order chi connectivity index (χ0) is 19.5. The lowest BCUT2D eigenvalue weighted by Gasteiger charge is -2.22. The highest BCUT2D eigenvalue weighted by Gasteiger charge is 2.20. The van der Waals surface area contributed by atoms with E-state index in [-0.39, 0.29) is 5.91 Å². The highest BCUT2D eigenvalue weighted by molar-refractivity contribution is 6.05. The van der Waals surface area contributed by atoms with Crippen LogP contribution in [0.2, 0.25) is 0 Å². The van der Waals surface area contributed by atoms with Crippen LogP contribution in [-0.2, 0) is 11.8 Å². The third-order valence-electron chi connectivity index (χ3n) is 5.37. The molecule has 1 saturated heterocycles. The topological polar surface area (TPSA) is 65.4 Å². The SMILES string of the molecule is COc1ccccc1-c1cc2c(ccn2C)c(C(=O)NCC2CCOCC2)n1. The monoisotopic (exact) mass is 379 g/mol. The van der Waals surface area contributed by atoms with Crippen LogP contribution in [-0.4, -0.2) is 42.3 Å². The van der Waals surface area contributed by atoms with Crippen LogP contribution in [0.3, 0.4) is 0 Å². The average molecular weight is 379 g/mol. The van der Waals surface area contributed by atoms with Crippen molar-refractivity contribution < 1.29 is 14.3 Å². The first kappa shape index (κ1) is 18.5. The number of aromatic nitrogens is 2. The van der Waals surface area contributed by atoms with Crippen LogP contribution in [0.1, 0.15) is 23.3 Å². The highest BCUT2D eigenvalue weighted by atomic mass is 16.5. The first-order valence-corrected chi connectivity index (χ1v) is 9.63. The lowest BCUT2D eigenvalue weighted by atomic mass is 10.0. The van der Waals surface area contributed by atoms with Crippen molar-refractivity contribution >= 4 is 16.8 Å². The fourth-order valence-electron chi connectivity index (χ4n) is 3.70. The van der Waals surface area contributed by atoms with Gasteiger partial charge >= 0.3 is 0 Å². The molecule has 1 amide bonds. The Labute approximate surface area is 164 Å². The summed E-state index contributed by atoms with van der Waals surface area (Å²) in [6.45, 7) is 2.19. The quantitative estimate of drug-likeness (QED) is 0.738. The molecule has 0 unspecified atom stereocenters. The van der Waals surface area contributed by atoms with Crippen molar-refractivity contribution in [3.8, 4) is 17.0 Å². The Morgan fingerprint density at radius 3 is 2.86 bits per heavy atom. The Balaban J connectivity index is 1.69. The fourth-order valence-corrected chi connectivity index (χ4v) is 3.70. The molecule has 0 bridgehead atoms. The van der Waals surface area contributed by atoms with Crippen LogP contribution >= 0.6 is 0 Å². The number of pyridine rings is 1. The molecule has 1 N–H and O–H groups in total. The fraction of sp³-hybridized carbons (Fsp3) is 0.364. The molecule has 1 fully saturated rings. The number of para-hydroxylation sites is 1. The molecule has 4 rings (SSSR count). The molecule has 1 aliphatic heterocycles. The maximum absolute atomic E-state index is 13.0. The second-order valence-electron chi connectivity index (χ2n) is 7.18. The van der Waals surface area contributed by atoms with E-state index in [0.29, 0.717) is 18.2 Å². The molecule has 0 atom stereocenters. The standard InChI is InChI=1S/C22H25N3O3/c1-25-10-7-17-19(25)13-18(16-5-3-4-6-20(16)27-2)24-21(17)22(26)23-14-15-8-11-28-12-9-15/h3-7,10,13,15H,8-9,11-12,14H2,1-2H3,(H,23,26). The van der Waals surface area contributed by atoms with E-state index in [4.69, 9.17) is 14.5 Å². The molecule has 28 heavy (non-hydrogen) atoms. The van der Waals surface area contributed by atoms with Crippen LogP contribution in [0, 0.1) is 5.92 Å². The van der Waals surface area contributed by atoms with E-state index in [1.165, 1.54) is 0 Å². The number of ether oxygens (including phenoxy) is 2. The summed E-state index contributed by atoms with van der Waals surface area (Å²) < 4.78 is 12.9. The molecule has 3 aromatic rings. The number of carbonyl (C=O) groups is 1. The number of fused-ring (bicyclic) bond motifs is 1. The molecule has 6 heteroatoms. The van der Waals surface area contributed by atoms with Crippen molar-refractivity contribution in [3.63, 3.8) is 0 Å². The van der Waals surface area contributed by atoms with E-state index in [2.05, 4.69) is 5.32 Å². The van der Waals surface area contributed by atoms with Crippen molar-refractivity contribution in [2.75, 3.05) is 26.9 Å². The number of nitrogens with zero attached hydrogens (tertiary/aromatic N) is 2. The molecule has 0 spiro atoms. The van der Waals surface area contributed by atoms with Gasteiger partial charge in [-0.2, -0.15) is 0 Å². The van der Waals surface area contributed by atoms with Crippen LogP contribution in [0.15, 0.2) is 42.6 Å². The third-order valence-corrected chi connectivity index (χ3v) is 5.37. The highest BCUT2D eigenvalue weighted by Crippen LogP contribution is 2.31. The summed E-state index contributed by atoms with van der Waals surface area (Å²) in [5, 5.41) is 3.93. The molecule has 146 valence electrons. The van der Waals surface area contributed by atoms with Crippen LogP contribution in [0.4, 0.5) is 0 Å². The Morgan fingerprint density at radius 1 is 1.29 bits per heavy atom. The third kappa shape index (κ3) is 3.60. The largest absolute Gasteiger partial charge is 0.496 e. The maximum atomic E-state index is 13.0. The van der Waals surface area contributed by atoms with Gasteiger partial charge in [0, 0.05) is 44.0 Å². The molecule has 0 saturated carbocycles.